The molecule has 1 heterocycles. The summed E-state index contributed by atoms with van der Waals surface area (Å²) < 4.78 is 46.9. The largest absolute Gasteiger partial charge is 0.486 e. The van der Waals surface area contributed by atoms with Crippen LogP contribution in [0.2, 0.25) is 5.02 Å². The second-order valence-electron chi connectivity index (χ2n) is 8.68. The molecular weight excluding hydrogens is 513 g/mol. The van der Waals surface area contributed by atoms with Gasteiger partial charge in [0.15, 0.2) is 11.0 Å². The molecule has 1 N–H and O–H groups in total. The Morgan fingerprint density at radius 2 is 1.94 bits per heavy atom. The van der Waals surface area contributed by atoms with E-state index in [0.29, 0.717) is 21.8 Å². The highest BCUT2D eigenvalue weighted by Crippen LogP contribution is 2.34. The molecule has 192 valence electrons. The fourth-order valence-electron chi connectivity index (χ4n) is 4.17. The summed E-state index contributed by atoms with van der Waals surface area (Å²) in [6.45, 7) is 2.11. The van der Waals surface area contributed by atoms with Gasteiger partial charge in [0.1, 0.15) is 12.4 Å². The lowest BCUT2D eigenvalue weighted by atomic mass is 9.95. The number of aryl methyl sites for hydroxylation is 1. The molecule has 0 spiro atoms. The summed E-state index contributed by atoms with van der Waals surface area (Å²) in [6.07, 6.45) is 0.856. The van der Waals surface area contributed by atoms with Crippen LogP contribution in [0.3, 0.4) is 0 Å². The first-order valence-electron chi connectivity index (χ1n) is 11.6. The number of hydrogen-bond acceptors (Lipinski definition) is 5. The molecule has 0 atom stereocenters. The number of thioether (sulfide) groups is 1. The van der Waals surface area contributed by atoms with E-state index in [4.69, 9.17) is 16.3 Å². The van der Waals surface area contributed by atoms with Crippen LogP contribution in [0.25, 0.3) is 0 Å². The van der Waals surface area contributed by atoms with E-state index in [9.17, 15) is 18.0 Å². The monoisotopic (exact) mass is 538 g/mol. The topological polar surface area (TPSA) is 69.0 Å². The first-order valence-corrected chi connectivity index (χ1v) is 13.0. The number of amides is 1. The van der Waals surface area contributed by atoms with Gasteiger partial charge >= 0.3 is 6.18 Å². The number of nitrogens with one attached hydrogen (secondary N) is 1. The predicted molar refractivity (Wildman–Crippen MR) is 133 cm³/mol. The molecule has 11 heteroatoms. The molecule has 3 aromatic rings. The normalized spacial score (nSPS) is 14.6. The van der Waals surface area contributed by atoms with Gasteiger partial charge in [0, 0.05) is 16.8 Å². The van der Waals surface area contributed by atoms with Crippen molar-refractivity contribution in [3.63, 3.8) is 0 Å². The van der Waals surface area contributed by atoms with Crippen LogP contribution >= 0.6 is 23.4 Å². The van der Waals surface area contributed by atoms with Crippen molar-refractivity contribution in [2.45, 2.75) is 63.0 Å². The van der Waals surface area contributed by atoms with Crippen LogP contribution in [-0.4, -0.2) is 26.4 Å². The maximum atomic E-state index is 13.0. The van der Waals surface area contributed by atoms with Crippen LogP contribution in [0, 0.1) is 6.92 Å². The smallest absolute Gasteiger partial charge is 0.416 e. The number of carbonyl (C=O) groups is 1. The number of hydrogen-bond donors (Lipinski definition) is 1. The van der Waals surface area contributed by atoms with Gasteiger partial charge in [-0.1, -0.05) is 48.7 Å². The van der Waals surface area contributed by atoms with Crippen molar-refractivity contribution in [3.8, 4) is 5.75 Å². The van der Waals surface area contributed by atoms with E-state index in [2.05, 4.69) is 15.5 Å². The summed E-state index contributed by atoms with van der Waals surface area (Å²) in [5.74, 6) is 0.894. The standard InChI is InChI=1S/C25H26ClF3N4O2S/c1-16-12-20(10-11-21(16)26)35-14-22-31-32-24(33(22)19-8-3-2-4-9-19)36-15-23(34)30-18-7-5-6-17(13-18)25(27,28)29/h5-7,10-13,19H,2-4,8-9,14-15H2,1H3,(H,30,34). The highest BCUT2D eigenvalue weighted by atomic mass is 35.5. The molecule has 0 unspecified atom stereocenters. The third-order valence-electron chi connectivity index (χ3n) is 5.98. The van der Waals surface area contributed by atoms with Crippen molar-refractivity contribution in [2.75, 3.05) is 11.1 Å². The fraction of sp³-hybridized carbons (Fsp3) is 0.400. The minimum Gasteiger partial charge on any atom is -0.486 e. The van der Waals surface area contributed by atoms with Crippen LogP contribution in [0.15, 0.2) is 47.6 Å². The highest BCUT2D eigenvalue weighted by molar-refractivity contribution is 7.99. The van der Waals surface area contributed by atoms with Gasteiger partial charge in [0.25, 0.3) is 0 Å². The van der Waals surface area contributed by atoms with Crippen molar-refractivity contribution in [3.05, 3.63) is 64.4 Å². The maximum Gasteiger partial charge on any atom is 0.416 e. The van der Waals surface area contributed by atoms with Crippen molar-refractivity contribution in [2.24, 2.45) is 0 Å². The van der Waals surface area contributed by atoms with Gasteiger partial charge in [-0.25, -0.2) is 0 Å². The first-order chi connectivity index (χ1) is 17.2. The maximum absolute atomic E-state index is 13.0. The number of nitrogens with zero attached hydrogens (tertiary/aromatic N) is 3. The number of carbonyl (C=O) groups excluding carboxylic acids is 1. The Balaban J connectivity index is 1.44. The second kappa shape index (κ2) is 11.6. The number of halogens is 4. The average molecular weight is 539 g/mol. The Morgan fingerprint density at radius 1 is 1.17 bits per heavy atom. The molecule has 1 aromatic heterocycles. The molecule has 0 saturated heterocycles. The SMILES string of the molecule is Cc1cc(OCc2nnc(SCC(=O)Nc3cccc(C(F)(F)F)c3)n2C2CCCCC2)ccc1Cl. The number of alkyl halides is 3. The fourth-order valence-corrected chi connectivity index (χ4v) is 5.11. The first kappa shape index (κ1) is 26.3. The van der Waals surface area contributed by atoms with Gasteiger partial charge < -0.3 is 10.1 Å². The van der Waals surface area contributed by atoms with Gasteiger partial charge in [0.05, 0.1) is 11.3 Å². The lowest BCUT2D eigenvalue weighted by Crippen LogP contribution is -2.19. The van der Waals surface area contributed by atoms with Gasteiger partial charge in [0.2, 0.25) is 5.91 Å². The average Bonchev–Trinajstić information content (AvgIpc) is 3.26. The Kier molecular flexibility index (Phi) is 8.46. The number of ether oxygens (including phenoxy) is 1. The Bertz CT molecular complexity index is 1210. The Morgan fingerprint density at radius 3 is 2.67 bits per heavy atom. The number of aromatic nitrogens is 3. The van der Waals surface area contributed by atoms with Crippen LogP contribution in [0.1, 0.15) is 55.1 Å². The molecule has 6 nitrogen and oxygen atoms in total. The van der Waals surface area contributed by atoms with Gasteiger partial charge in [-0.05, 0) is 61.7 Å². The van der Waals surface area contributed by atoms with Crippen LogP contribution < -0.4 is 10.1 Å². The van der Waals surface area contributed by atoms with E-state index in [1.807, 2.05) is 17.6 Å². The van der Waals surface area contributed by atoms with E-state index < -0.39 is 17.6 Å². The number of anilines is 1. The van der Waals surface area contributed by atoms with Crippen molar-refractivity contribution >= 4 is 35.0 Å². The van der Waals surface area contributed by atoms with E-state index in [1.54, 1.807) is 12.1 Å². The number of benzene rings is 2. The second-order valence-corrected chi connectivity index (χ2v) is 10.0. The molecule has 36 heavy (non-hydrogen) atoms. The molecule has 0 bridgehead atoms. The van der Waals surface area contributed by atoms with E-state index >= 15 is 0 Å². The Hall–Kier alpha value is -2.72. The summed E-state index contributed by atoms with van der Waals surface area (Å²) in [5, 5.41) is 12.4. The lowest BCUT2D eigenvalue weighted by molar-refractivity contribution is -0.137. The molecule has 1 saturated carbocycles. The highest BCUT2D eigenvalue weighted by Gasteiger charge is 2.30. The molecule has 0 radical (unpaired) electrons. The quantitative estimate of drug-likeness (QED) is 0.310. The summed E-state index contributed by atoms with van der Waals surface area (Å²) in [4.78, 5) is 12.5. The molecular formula is C25H26ClF3N4O2S. The zero-order valence-corrected chi connectivity index (χ0v) is 21.2. The third-order valence-corrected chi connectivity index (χ3v) is 7.35. The summed E-state index contributed by atoms with van der Waals surface area (Å²) in [7, 11) is 0. The molecule has 1 aliphatic rings. The molecule has 2 aromatic carbocycles. The third kappa shape index (κ3) is 6.73. The van der Waals surface area contributed by atoms with Crippen molar-refractivity contribution in [1.82, 2.24) is 14.8 Å². The molecule has 4 rings (SSSR count). The van der Waals surface area contributed by atoms with Gasteiger partial charge in [-0.2, -0.15) is 13.2 Å². The predicted octanol–water partition coefficient (Wildman–Crippen LogP) is 7.07. The number of rotatable bonds is 8. The summed E-state index contributed by atoms with van der Waals surface area (Å²) >= 11 is 7.31. The molecule has 1 fully saturated rings. The minimum atomic E-state index is -4.48. The lowest BCUT2D eigenvalue weighted by Gasteiger charge is -2.25. The van der Waals surface area contributed by atoms with Crippen molar-refractivity contribution in [1.29, 1.82) is 0 Å². The Labute approximate surface area is 216 Å². The van der Waals surface area contributed by atoms with Gasteiger partial charge in [-0.3, -0.25) is 9.36 Å². The minimum absolute atomic E-state index is 0.0155. The van der Waals surface area contributed by atoms with E-state index in [-0.39, 0.29) is 24.1 Å². The van der Waals surface area contributed by atoms with E-state index in [0.717, 1.165) is 43.4 Å². The summed E-state index contributed by atoms with van der Waals surface area (Å²) in [5.41, 5.74) is 0.188. The van der Waals surface area contributed by atoms with Crippen LogP contribution in [0.5, 0.6) is 5.75 Å². The summed E-state index contributed by atoms with van der Waals surface area (Å²) in [6, 6.07) is 10.2. The van der Waals surface area contributed by atoms with Crippen molar-refractivity contribution < 1.29 is 22.7 Å². The van der Waals surface area contributed by atoms with Gasteiger partial charge in [-0.15, -0.1) is 10.2 Å². The zero-order chi connectivity index (χ0) is 25.7. The zero-order valence-electron chi connectivity index (χ0n) is 19.6. The van der Waals surface area contributed by atoms with E-state index in [1.165, 1.54) is 30.3 Å². The van der Waals surface area contributed by atoms with Crippen LogP contribution in [-0.2, 0) is 17.6 Å². The molecule has 1 aliphatic carbocycles. The molecule has 0 aliphatic heterocycles. The molecule has 1 amide bonds. The van der Waals surface area contributed by atoms with Crippen LogP contribution in [0.4, 0.5) is 18.9 Å².